The molecule has 1 aromatic carbocycles. The van der Waals surface area contributed by atoms with Crippen LogP contribution >= 0.6 is 0 Å². The number of nitrogens with one attached hydrogen (secondary N) is 1. The molecule has 21 heavy (non-hydrogen) atoms. The van der Waals surface area contributed by atoms with Crippen LogP contribution in [0.2, 0.25) is 0 Å². The Labute approximate surface area is 125 Å². The van der Waals surface area contributed by atoms with E-state index in [1.165, 1.54) is 19.3 Å². The van der Waals surface area contributed by atoms with Gasteiger partial charge in [0.2, 0.25) is 0 Å². The van der Waals surface area contributed by atoms with E-state index < -0.39 is 0 Å². The van der Waals surface area contributed by atoms with E-state index in [0.29, 0.717) is 11.4 Å². The third-order valence-corrected chi connectivity index (χ3v) is 4.36. The average molecular weight is 287 g/mol. The van der Waals surface area contributed by atoms with E-state index in [1.807, 2.05) is 19.2 Å². The second kappa shape index (κ2) is 6.50. The van der Waals surface area contributed by atoms with Gasteiger partial charge in [0, 0.05) is 30.7 Å². The lowest BCUT2D eigenvalue weighted by Gasteiger charge is -2.35. The molecule has 1 N–H and O–H groups in total. The summed E-state index contributed by atoms with van der Waals surface area (Å²) in [7, 11) is 2.00. The molecule has 112 valence electrons. The number of nitrogens with zero attached hydrogens (tertiary/aromatic N) is 2. The summed E-state index contributed by atoms with van der Waals surface area (Å²) in [6.07, 6.45) is 5.51. The summed E-state index contributed by atoms with van der Waals surface area (Å²) in [4.78, 5) is 6.90. The third kappa shape index (κ3) is 3.06. The molecular formula is C17H22FN3. The average Bonchev–Trinajstić information content (AvgIpc) is 2.52. The summed E-state index contributed by atoms with van der Waals surface area (Å²) in [6.45, 7) is 2.96. The molecule has 3 nitrogen and oxygen atoms in total. The number of fused-ring (bicyclic) bond motifs is 1. The van der Waals surface area contributed by atoms with Crippen LogP contribution in [0.25, 0.3) is 10.9 Å². The van der Waals surface area contributed by atoms with Crippen molar-refractivity contribution in [1.29, 1.82) is 0 Å². The molecule has 0 aliphatic carbocycles. The van der Waals surface area contributed by atoms with E-state index >= 15 is 0 Å². The molecule has 2 aromatic rings. The van der Waals surface area contributed by atoms with E-state index in [1.54, 1.807) is 18.3 Å². The van der Waals surface area contributed by atoms with Crippen molar-refractivity contribution in [3.05, 3.63) is 41.8 Å². The van der Waals surface area contributed by atoms with E-state index in [4.69, 9.17) is 0 Å². The number of aromatic nitrogens is 1. The van der Waals surface area contributed by atoms with E-state index in [-0.39, 0.29) is 5.82 Å². The van der Waals surface area contributed by atoms with Gasteiger partial charge in [0.1, 0.15) is 5.82 Å². The van der Waals surface area contributed by atoms with Gasteiger partial charge in [-0.05, 0) is 50.2 Å². The number of likely N-dealkylation sites (tertiary alicyclic amines) is 1. The number of likely N-dealkylation sites (N-methyl/N-ethyl adjacent to an activating group) is 1. The zero-order valence-electron chi connectivity index (χ0n) is 12.5. The Balaban J connectivity index is 1.88. The van der Waals surface area contributed by atoms with Crippen LogP contribution in [0.15, 0.2) is 30.5 Å². The maximum atomic E-state index is 13.9. The first-order valence-corrected chi connectivity index (χ1v) is 7.70. The number of piperidine rings is 1. The molecule has 1 aliphatic heterocycles. The van der Waals surface area contributed by atoms with Crippen LogP contribution in [0.5, 0.6) is 0 Å². The van der Waals surface area contributed by atoms with Crippen LogP contribution in [0, 0.1) is 5.82 Å². The third-order valence-electron chi connectivity index (χ3n) is 4.36. The first kappa shape index (κ1) is 14.4. The van der Waals surface area contributed by atoms with Gasteiger partial charge >= 0.3 is 0 Å². The van der Waals surface area contributed by atoms with Gasteiger partial charge in [-0.2, -0.15) is 0 Å². The maximum absolute atomic E-state index is 13.9. The highest BCUT2D eigenvalue weighted by molar-refractivity contribution is 5.82. The molecule has 1 aliphatic rings. The summed E-state index contributed by atoms with van der Waals surface area (Å²) >= 11 is 0. The molecule has 1 fully saturated rings. The highest BCUT2D eigenvalue weighted by Crippen LogP contribution is 2.24. The fourth-order valence-corrected chi connectivity index (χ4v) is 3.28. The van der Waals surface area contributed by atoms with Crippen LogP contribution < -0.4 is 5.32 Å². The second-order valence-corrected chi connectivity index (χ2v) is 5.78. The molecule has 1 saturated heterocycles. The molecule has 0 amide bonds. The van der Waals surface area contributed by atoms with Gasteiger partial charge in [0.25, 0.3) is 0 Å². The number of rotatable bonds is 4. The summed E-state index contributed by atoms with van der Waals surface area (Å²) < 4.78 is 13.9. The predicted molar refractivity (Wildman–Crippen MR) is 83.7 cm³/mol. The van der Waals surface area contributed by atoms with Crippen LogP contribution in [0.3, 0.4) is 0 Å². The zero-order valence-corrected chi connectivity index (χ0v) is 12.5. The molecule has 1 unspecified atom stereocenters. The normalized spacial score (nSPS) is 20.0. The standard InChI is InChI=1S/C17H22FN3/c1-19-11-14-5-2-3-10-21(14)12-13-7-8-16(18)15-6-4-9-20-17(13)15/h4,6-9,14,19H,2-3,5,10-12H2,1H3. The summed E-state index contributed by atoms with van der Waals surface area (Å²) in [5.74, 6) is -0.188. The van der Waals surface area contributed by atoms with Crippen molar-refractivity contribution in [3.63, 3.8) is 0 Å². The van der Waals surface area contributed by atoms with Crippen LogP contribution in [0.1, 0.15) is 24.8 Å². The lowest BCUT2D eigenvalue weighted by atomic mass is 10.0. The lowest BCUT2D eigenvalue weighted by molar-refractivity contribution is 0.140. The summed E-state index contributed by atoms with van der Waals surface area (Å²) in [5.41, 5.74) is 1.92. The van der Waals surface area contributed by atoms with Crippen molar-refractivity contribution < 1.29 is 4.39 Å². The smallest absolute Gasteiger partial charge is 0.132 e. The zero-order chi connectivity index (χ0) is 14.7. The molecule has 1 aromatic heterocycles. The SMILES string of the molecule is CNCC1CCCCN1Cc1ccc(F)c2cccnc12. The number of hydrogen-bond donors (Lipinski definition) is 1. The Morgan fingerprint density at radius 3 is 3.10 bits per heavy atom. The van der Waals surface area contributed by atoms with Crippen molar-refractivity contribution in [2.45, 2.75) is 31.8 Å². The van der Waals surface area contributed by atoms with Crippen molar-refractivity contribution in [2.24, 2.45) is 0 Å². The summed E-state index contributed by atoms with van der Waals surface area (Å²) in [6, 6.07) is 7.61. The molecule has 4 heteroatoms. The first-order chi connectivity index (χ1) is 10.3. The van der Waals surface area contributed by atoms with E-state index in [0.717, 1.165) is 30.7 Å². The molecule has 0 bridgehead atoms. The molecule has 3 rings (SSSR count). The summed E-state index contributed by atoms with van der Waals surface area (Å²) in [5, 5.41) is 3.90. The van der Waals surface area contributed by atoms with Crippen LogP contribution in [-0.2, 0) is 6.54 Å². The first-order valence-electron chi connectivity index (χ1n) is 7.70. The Morgan fingerprint density at radius 1 is 1.33 bits per heavy atom. The Morgan fingerprint density at radius 2 is 2.24 bits per heavy atom. The molecule has 0 saturated carbocycles. The van der Waals surface area contributed by atoms with Gasteiger partial charge in [-0.15, -0.1) is 0 Å². The topological polar surface area (TPSA) is 28.2 Å². The predicted octanol–water partition coefficient (Wildman–Crippen LogP) is 2.95. The van der Waals surface area contributed by atoms with Crippen molar-refractivity contribution in [2.75, 3.05) is 20.1 Å². The van der Waals surface area contributed by atoms with Crippen molar-refractivity contribution >= 4 is 10.9 Å². The number of halogens is 1. The molecule has 0 spiro atoms. The Kier molecular flexibility index (Phi) is 4.46. The minimum absolute atomic E-state index is 0.188. The van der Waals surface area contributed by atoms with Gasteiger partial charge < -0.3 is 5.32 Å². The Hall–Kier alpha value is -1.52. The quantitative estimate of drug-likeness (QED) is 0.937. The van der Waals surface area contributed by atoms with Gasteiger partial charge in [-0.1, -0.05) is 12.5 Å². The van der Waals surface area contributed by atoms with Gasteiger partial charge in [-0.25, -0.2) is 4.39 Å². The minimum atomic E-state index is -0.188. The fraction of sp³-hybridized carbons (Fsp3) is 0.471. The van der Waals surface area contributed by atoms with Crippen molar-refractivity contribution in [1.82, 2.24) is 15.2 Å². The maximum Gasteiger partial charge on any atom is 0.132 e. The second-order valence-electron chi connectivity index (χ2n) is 5.78. The Bertz CT molecular complexity index is 612. The molecule has 0 radical (unpaired) electrons. The molecule has 2 heterocycles. The number of benzene rings is 1. The highest BCUT2D eigenvalue weighted by Gasteiger charge is 2.22. The highest BCUT2D eigenvalue weighted by atomic mass is 19.1. The van der Waals surface area contributed by atoms with Crippen molar-refractivity contribution in [3.8, 4) is 0 Å². The van der Waals surface area contributed by atoms with Crippen LogP contribution in [0.4, 0.5) is 4.39 Å². The van der Waals surface area contributed by atoms with E-state index in [9.17, 15) is 4.39 Å². The van der Waals surface area contributed by atoms with Gasteiger partial charge in [0.15, 0.2) is 0 Å². The minimum Gasteiger partial charge on any atom is -0.318 e. The number of pyridine rings is 1. The lowest BCUT2D eigenvalue weighted by Crippen LogP contribution is -2.44. The number of hydrogen-bond acceptors (Lipinski definition) is 3. The van der Waals surface area contributed by atoms with Gasteiger partial charge in [0.05, 0.1) is 5.52 Å². The largest absolute Gasteiger partial charge is 0.318 e. The van der Waals surface area contributed by atoms with E-state index in [2.05, 4.69) is 15.2 Å². The monoisotopic (exact) mass is 287 g/mol. The molecule has 1 atom stereocenters. The van der Waals surface area contributed by atoms with Crippen LogP contribution in [-0.4, -0.2) is 36.1 Å². The molecular weight excluding hydrogens is 265 g/mol. The van der Waals surface area contributed by atoms with Gasteiger partial charge in [-0.3, -0.25) is 9.88 Å². The fourth-order valence-electron chi connectivity index (χ4n) is 3.28.